The minimum absolute atomic E-state index is 0.333. The maximum atomic E-state index is 12.0. The largest absolute Gasteiger partial charge is 0.465 e. The average molecular weight is 319 g/mol. The number of carbonyl (C=O) groups is 2. The van der Waals surface area contributed by atoms with Crippen molar-refractivity contribution in [2.45, 2.75) is 20.8 Å². The Morgan fingerprint density at radius 1 is 1.27 bits per heavy atom. The molecule has 0 aliphatic carbocycles. The third kappa shape index (κ3) is 3.46. The second kappa shape index (κ2) is 6.62. The van der Waals surface area contributed by atoms with Crippen molar-refractivity contribution < 1.29 is 18.7 Å². The number of ether oxygens (including phenoxy) is 1. The van der Waals surface area contributed by atoms with E-state index in [-0.39, 0.29) is 5.91 Å². The predicted molar refractivity (Wildman–Crippen MR) is 86.2 cm³/mol. The van der Waals surface area contributed by atoms with Crippen LogP contribution in [0.1, 0.15) is 32.3 Å². The number of hydrogen-bond acceptors (Lipinski definition) is 5. The van der Waals surface area contributed by atoms with Crippen LogP contribution in [0.4, 0.5) is 5.00 Å². The normalized spacial score (nSPS) is 10.9. The number of nitrogens with one attached hydrogen (secondary N) is 1. The van der Waals surface area contributed by atoms with Crippen molar-refractivity contribution in [3.8, 4) is 0 Å². The van der Waals surface area contributed by atoms with E-state index in [2.05, 4.69) is 5.32 Å². The van der Waals surface area contributed by atoms with Crippen LogP contribution in [0.25, 0.3) is 6.08 Å². The van der Waals surface area contributed by atoms with Gasteiger partial charge in [0.05, 0.1) is 12.7 Å². The fourth-order valence-corrected chi connectivity index (χ4v) is 2.97. The zero-order valence-electron chi connectivity index (χ0n) is 12.9. The lowest BCUT2D eigenvalue weighted by atomic mass is 10.1. The smallest absolute Gasteiger partial charge is 0.341 e. The Morgan fingerprint density at radius 2 is 2.00 bits per heavy atom. The van der Waals surface area contributed by atoms with E-state index >= 15 is 0 Å². The molecule has 22 heavy (non-hydrogen) atoms. The number of esters is 1. The highest BCUT2D eigenvalue weighted by Crippen LogP contribution is 2.32. The molecule has 0 aromatic carbocycles. The average Bonchev–Trinajstić information content (AvgIpc) is 3.01. The van der Waals surface area contributed by atoms with Gasteiger partial charge in [-0.25, -0.2) is 4.79 Å². The van der Waals surface area contributed by atoms with Gasteiger partial charge in [-0.15, -0.1) is 11.3 Å². The van der Waals surface area contributed by atoms with Crippen molar-refractivity contribution in [1.82, 2.24) is 0 Å². The zero-order chi connectivity index (χ0) is 16.3. The molecule has 0 saturated carbocycles. The molecule has 0 spiro atoms. The van der Waals surface area contributed by atoms with E-state index in [1.807, 2.05) is 26.8 Å². The summed E-state index contributed by atoms with van der Waals surface area (Å²) in [6.07, 6.45) is 2.94. The fourth-order valence-electron chi connectivity index (χ4n) is 1.92. The lowest BCUT2D eigenvalue weighted by Crippen LogP contribution is -2.11. The van der Waals surface area contributed by atoms with Crippen LogP contribution < -0.4 is 5.32 Å². The Kier molecular flexibility index (Phi) is 4.82. The molecule has 2 rings (SSSR count). The summed E-state index contributed by atoms with van der Waals surface area (Å²) in [5.41, 5.74) is 1.22. The van der Waals surface area contributed by atoms with Gasteiger partial charge in [0.2, 0.25) is 5.91 Å². The van der Waals surface area contributed by atoms with E-state index < -0.39 is 5.97 Å². The summed E-state index contributed by atoms with van der Waals surface area (Å²) in [4.78, 5) is 24.8. The third-order valence-electron chi connectivity index (χ3n) is 3.17. The van der Waals surface area contributed by atoms with E-state index in [4.69, 9.17) is 9.15 Å². The SMILES string of the molecule is COC(=O)c1c(NC(=O)/C=C/c2ccc(C)o2)sc(C)c1C. The molecule has 5 nitrogen and oxygen atoms in total. The highest BCUT2D eigenvalue weighted by molar-refractivity contribution is 7.16. The first-order valence-corrected chi connectivity index (χ1v) is 7.47. The minimum atomic E-state index is -0.456. The Hall–Kier alpha value is -2.34. The standard InChI is InChI=1S/C16H17NO4S/c1-9-5-6-12(21-9)7-8-13(18)17-15-14(16(19)20-4)10(2)11(3)22-15/h5-8H,1-4H3,(H,17,18)/b8-7+. The predicted octanol–water partition coefficient (Wildman–Crippen LogP) is 3.70. The molecular formula is C16H17NO4S. The summed E-state index contributed by atoms with van der Waals surface area (Å²) >= 11 is 1.35. The van der Waals surface area contributed by atoms with Gasteiger partial charge in [0, 0.05) is 11.0 Å². The van der Waals surface area contributed by atoms with Gasteiger partial charge >= 0.3 is 5.97 Å². The molecule has 0 radical (unpaired) electrons. The first-order chi connectivity index (χ1) is 10.4. The molecule has 0 aliphatic heterocycles. The zero-order valence-corrected chi connectivity index (χ0v) is 13.7. The quantitative estimate of drug-likeness (QED) is 0.689. The van der Waals surface area contributed by atoms with E-state index in [1.54, 1.807) is 12.1 Å². The number of thiophene rings is 1. The van der Waals surface area contributed by atoms with Crippen LogP contribution in [0.15, 0.2) is 22.6 Å². The summed E-state index contributed by atoms with van der Waals surface area (Å²) in [5.74, 6) is 0.583. The van der Waals surface area contributed by atoms with Crippen LogP contribution >= 0.6 is 11.3 Å². The van der Waals surface area contributed by atoms with Crippen molar-refractivity contribution in [3.05, 3.63) is 45.7 Å². The van der Waals surface area contributed by atoms with Crippen LogP contribution in [0, 0.1) is 20.8 Å². The van der Waals surface area contributed by atoms with Gasteiger partial charge in [0.25, 0.3) is 0 Å². The number of furan rings is 1. The number of anilines is 1. The maximum absolute atomic E-state index is 12.0. The minimum Gasteiger partial charge on any atom is -0.465 e. The molecule has 1 amide bonds. The molecule has 0 unspecified atom stereocenters. The first-order valence-electron chi connectivity index (χ1n) is 6.66. The van der Waals surface area contributed by atoms with E-state index in [1.165, 1.54) is 24.5 Å². The lowest BCUT2D eigenvalue weighted by Gasteiger charge is -2.03. The molecular weight excluding hydrogens is 302 g/mol. The van der Waals surface area contributed by atoms with Crippen molar-refractivity contribution in [2.24, 2.45) is 0 Å². The van der Waals surface area contributed by atoms with Crippen LogP contribution in [-0.2, 0) is 9.53 Å². The topological polar surface area (TPSA) is 68.5 Å². The number of amides is 1. The van der Waals surface area contributed by atoms with Crippen molar-refractivity contribution >= 4 is 34.3 Å². The molecule has 6 heteroatoms. The maximum Gasteiger partial charge on any atom is 0.341 e. The van der Waals surface area contributed by atoms with E-state index in [0.717, 1.165) is 16.2 Å². The van der Waals surface area contributed by atoms with Crippen LogP contribution in [-0.4, -0.2) is 19.0 Å². The molecule has 2 aromatic rings. The summed E-state index contributed by atoms with van der Waals surface area (Å²) < 4.78 is 10.1. The van der Waals surface area contributed by atoms with Crippen LogP contribution in [0.2, 0.25) is 0 Å². The Morgan fingerprint density at radius 3 is 2.59 bits per heavy atom. The summed E-state index contributed by atoms with van der Waals surface area (Å²) in [6, 6.07) is 3.59. The molecule has 0 saturated heterocycles. The summed E-state index contributed by atoms with van der Waals surface area (Å²) in [7, 11) is 1.32. The van der Waals surface area contributed by atoms with Gasteiger partial charge in [0.1, 0.15) is 16.5 Å². The third-order valence-corrected chi connectivity index (χ3v) is 4.29. The highest BCUT2D eigenvalue weighted by atomic mass is 32.1. The molecule has 0 atom stereocenters. The number of rotatable bonds is 4. The second-order valence-electron chi connectivity index (χ2n) is 4.75. The van der Waals surface area contributed by atoms with Gasteiger partial charge in [-0.2, -0.15) is 0 Å². The molecule has 1 N–H and O–H groups in total. The molecule has 0 bridgehead atoms. The Balaban J connectivity index is 2.16. The van der Waals surface area contributed by atoms with Gasteiger partial charge in [-0.1, -0.05) is 0 Å². The lowest BCUT2D eigenvalue weighted by molar-refractivity contribution is -0.111. The molecule has 116 valence electrons. The van der Waals surface area contributed by atoms with Gasteiger partial charge in [0.15, 0.2) is 0 Å². The number of hydrogen-bond donors (Lipinski definition) is 1. The van der Waals surface area contributed by atoms with Gasteiger partial charge in [-0.05, 0) is 44.5 Å². The molecule has 0 fully saturated rings. The Labute approximate surface area is 132 Å². The summed E-state index contributed by atoms with van der Waals surface area (Å²) in [5, 5.41) is 3.21. The van der Waals surface area contributed by atoms with Crippen LogP contribution in [0.3, 0.4) is 0 Å². The fraction of sp³-hybridized carbons (Fsp3) is 0.250. The van der Waals surface area contributed by atoms with E-state index in [0.29, 0.717) is 16.3 Å². The summed E-state index contributed by atoms with van der Waals surface area (Å²) in [6.45, 7) is 5.55. The molecule has 2 heterocycles. The van der Waals surface area contributed by atoms with Crippen LogP contribution in [0.5, 0.6) is 0 Å². The van der Waals surface area contributed by atoms with Crippen molar-refractivity contribution in [3.63, 3.8) is 0 Å². The van der Waals surface area contributed by atoms with Crippen molar-refractivity contribution in [1.29, 1.82) is 0 Å². The molecule has 2 aromatic heterocycles. The van der Waals surface area contributed by atoms with E-state index in [9.17, 15) is 9.59 Å². The van der Waals surface area contributed by atoms with Gasteiger partial charge < -0.3 is 14.5 Å². The monoisotopic (exact) mass is 319 g/mol. The number of carbonyl (C=O) groups excluding carboxylic acids is 2. The van der Waals surface area contributed by atoms with Crippen molar-refractivity contribution in [2.75, 3.05) is 12.4 Å². The second-order valence-corrected chi connectivity index (χ2v) is 5.97. The van der Waals surface area contributed by atoms with Gasteiger partial charge in [-0.3, -0.25) is 4.79 Å². The number of aryl methyl sites for hydroxylation is 2. The number of methoxy groups -OCH3 is 1. The molecule has 0 aliphatic rings. The highest BCUT2D eigenvalue weighted by Gasteiger charge is 2.20. The Bertz CT molecular complexity index is 739. The first kappa shape index (κ1) is 16.0.